The fourth-order valence-electron chi connectivity index (χ4n) is 2.89. The molecule has 2 heteroatoms. The van der Waals surface area contributed by atoms with Gasteiger partial charge in [-0.25, -0.2) is 0 Å². The van der Waals surface area contributed by atoms with E-state index in [2.05, 4.69) is 20.4 Å². The third-order valence-corrected chi connectivity index (χ3v) is 4.07. The second-order valence-corrected chi connectivity index (χ2v) is 5.32. The molecule has 0 bridgehead atoms. The quantitative estimate of drug-likeness (QED) is 0.719. The van der Waals surface area contributed by atoms with E-state index >= 15 is 0 Å². The van der Waals surface area contributed by atoms with Gasteiger partial charge in [0.25, 0.3) is 0 Å². The predicted molar refractivity (Wildman–Crippen MR) is 61.7 cm³/mol. The van der Waals surface area contributed by atoms with Gasteiger partial charge in [-0.1, -0.05) is 39.2 Å². The standard InChI is InChI=1S/C13H22O2/c1-4-8-12(2,3)13(11(14)15)9-6-5-7-10-13/h4H,1,5-10H2,2-3H3,(H,14,15). The van der Waals surface area contributed by atoms with Crippen LogP contribution in [0.5, 0.6) is 0 Å². The number of hydrogen-bond acceptors (Lipinski definition) is 1. The number of aliphatic carboxylic acids is 1. The van der Waals surface area contributed by atoms with Crippen molar-refractivity contribution in [1.82, 2.24) is 0 Å². The summed E-state index contributed by atoms with van der Waals surface area (Å²) in [6.07, 6.45) is 7.55. The average Bonchev–Trinajstić information content (AvgIpc) is 2.18. The van der Waals surface area contributed by atoms with Crippen LogP contribution in [0.1, 0.15) is 52.4 Å². The Labute approximate surface area is 92.4 Å². The summed E-state index contributed by atoms with van der Waals surface area (Å²) in [6.45, 7) is 7.87. The number of carboxylic acids is 1. The van der Waals surface area contributed by atoms with Crippen LogP contribution in [0.4, 0.5) is 0 Å². The highest BCUT2D eigenvalue weighted by atomic mass is 16.4. The highest BCUT2D eigenvalue weighted by molar-refractivity contribution is 5.76. The first-order chi connectivity index (χ1) is 6.96. The van der Waals surface area contributed by atoms with E-state index in [9.17, 15) is 9.90 Å². The molecule has 86 valence electrons. The Kier molecular flexibility index (Phi) is 3.58. The predicted octanol–water partition coefficient (Wildman–Crippen LogP) is 3.62. The molecule has 0 heterocycles. The number of hydrogen-bond donors (Lipinski definition) is 1. The molecule has 1 fully saturated rings. The molecule has 0 aromatic heterocycles. The van der Waals surface area contributed by atoms with Gasteiger partial charge < -0.3 is 5.11 Å². The number of allylic oxidation sites excluding steroid dienone is 1. The van der Waals surface area contributed by atoms with E-state index in [1.165, 1.54) is 6.42 Å². The smallest absolute Gasteiger partial charge is 0.310 e. The molecular weight excluding hydrogens is 188 g/mol. The summed E-state index contributed by atoms with van der Waals surface area (Å²) in [5.74, 6) is -0.617. The zero-order chi connectivity index (χ0) is 11.5. The van der Waals surface area contributed by atoms with Gasteiger partial charge in [-0.05, 0) is 24.7 Å². The van der Waals surface area contributed by atoms with E-state index in [1.807, 2.05) is 6.08 Å². The lowest BCUT2D eigenvalue weighted by Gasteiger charge is -2.45. The second-order valence-electron chi connectivity index (χ2n) is 5.32. The second kappa shape index (κ2) is 4.38. The molecule has 1 aliphatic carbocycles. The summed E-state index contributed by atoms with van der Waals surface area (Å²) >= 11 is 0. The molecular formula is C13H22O2. The fourth-order valence-corrected chi connectivity index (χ4v) is 2.89. The highest BCUT2D eigenvalue weighted by Gasteiger charge is 2.50. The van der Waals surface area contributed by atoms with Crippen molar-refractivity contribution in [3.63, 3.8) is 0 Å². The molecule has 15 heavy (non-hydrogen) atoms. The van der Waals surface area contributed by atoms with Crippen LogP contribution in [0, 0.1) is 10.8 Å². The largest absolute Gasteiger partial charge is 0.481 e. The van der Waals surface area contributed by atoms with Crippen LogP contribution >= 0.6 is 0 Å². The molecule has 0 atom stereocenters. The summed E-state index contributed by atoms with van der Waals surface area (Å²) in [4.78, 5) is 11.6. The zero-order valence-corrected chi connectivity index (χ0v) is 9.88. The third-order valence-electron chi connectivity index (χ3n) is 4.07. The molecule has 0 aliphatic heterocycles. The minimum Gasteiger partial charge on any atom is -0.481 e. The molecule has 1 rings (SSSR count). The van der Waals surface area contributed by atoms with Gasteiger partial charge in [0.15, 0.2) is 0 Å². The normalized spacial score (nSPS) is 20.9. The van der Waals surface area contributed by atoms with Crippen molar-refractivity contribution >= 4 is 5.97 Å². The summed E-state index contributed by atoms with van der Waals surface area (Å²) in [5.41, 5.74) is -0.708. The summed E-state index contributed by atoms with van der Waals surface area (Å²) < 4.78 is 0. The van der Waals surface area contributed by atoms with E-state index < -0.39 is 11.4 Å². The van der Waals surface area contributed by atoms with Crippen molar-refractivity contribution in [3.05, 3.63) is 12.7 Å². The van der Waals surface area contributed by atoms with Gasteiger partial charge in [0.05, 0.1) is 5.41 Å². The Morgan fingerprint density at radius 1 is 1.40 bits per heavy atom. The summed E-state index contributed by atoms with van der Waals surface area (Å²) in [7, 11) is 0. The molecule has 0 aromatic rings. The molecule has 1 N–H and O–H groups in total. The number of rotatable bonds is 4. The fraction of sp³-hybridized carbons (Fsp3) is 0.769. The molecule has 1 saturated carbocycles. The Morgan fingerprint density at radius 3 is 2.33 bits per heavy atom. The van der Waals surface area contributed by atoms with Gasteiger partial charge in [-0.2, -0.15) is 0 Å². The maximum absolute atomic E-state index is 11.6. The molecule has 2 nitrogen and oxygen atoms in total. The summed E-state index contributed by atoms with van der Waals surface area (Å²) in [5, 5.41) is 9.52. The van der Waals surface area contributed by atoms with Crippen LogP contribution in [0.15, 0.2) is 12.7 Å². The maximum Gasteiger partial charge on any atom is 0.310 e. The third kappa shape index (κ3) is 2.09. The first-order valence-corrected chi connectivity index (χ1v) is 5.80. The number of carbonyl (C=O) groups is 1. The Morgan fingerprint density at radius 2 is 1.93 bits per heavy atom. The van der Waals surface area contributed by atoms with Crippen LogP contribution in [0.3, 0.4) is 0 Å². The van der Waals surface area contributed by atoms with Crippen LogP contribution in [-0.4, -0.2) is 11.1 Å². The highest BCUT2D eigenvalue weighted by Crippen LogP contribution is 2.51. The Balaban J connectivity index is 2.98. The van der Waals surface area contributed by atoms with Gasteiger partial charge in [0, 0.05) is 0 Å². The van der Waals surface area contributed by atoms with Crippen molar-refractivity contribution in [3.8, 4) is 0 Å². The van der Waals surface area contributed by atoms with Crippen LogP contribution in [0.25, 0.3) is 0 Å². The molecule has 0 spiro atoms. The first-order valence-electron chi connectivity index (χ1n) is 5.80. The van der Waals surface area contributed by atoms with Crippen molar-refractivity contribution < 1.29 is 9.90 Å². The maximum atomic E-state index is 11.6. The van der Waals surface area contributed by atoms with E-state index in [-0.39, 0.29) is 5.41 Å². The van der Waals surface area contributed by atoms with Gasteiger partial charge in [0.1, 0.15) is 0 Å². The lowest BCUT2D eigenvalue weighted by molar-refractivity contribution is -0.160. The molecule has 0 amide bonds. The molecule has 0 saturated heterocycles. The Hall–Kier alpha value is -0.790. The first kappa shape index (κ1) is 12.3. The van der Waals surface area contributed by atoms with Crippen LogP contribution in [-0.2, 0) is 4.79 Å². The minimum atomic E-state index is -0.617. The zero-order valence-electron chi connectivity index (χ0n) is 9.88. The molecule has 0 unspecified atom stereocenters. The Bertz CT molecular complexity index is 247. The van der Waals surface area contributed by atoms with E-state index in [0.29, 0.717) is 0 Å². The van der Waals surface area contributed by atoms with Crippen LogP contribution in [0.2, 0.25) is 0 Å². The molecule has 0 radical (unpaired) electrons. The lowest BCUT2D eigenvalue weighted by Crippen LogP contribution is -2.45. The van der Waals surface area contributed by atoms with Gasteiger partial charge >= 0.3 is 5.97 Å². The van der Waals surface area contributed by atoms with Gasteiger partial charge in [0.2, 0.25) is 0 Å². The molecule has 1 aliphatic rings. The topological polar surface area (TPSA) is 37.3 Å². The van der Waals surface area contributed by atoms with Crippen molar-refractivity contribution in [1.29, 1.82) is 0 Å². The van der Waals surface area contributed by atoms with E-state index in [0.717, 1.165) is 32.1 Å². The minimum absolute atomic E-state index is 0.180. The van der Waals surface area contributed by atoms with Crippen molar-refractivity contribution in [2.75, 3.05) is 0 Å². The van der Waals surface area contributed by atoms with Gasteiger partial charge in [-0.15, -0.1) is 6.58 Å². The monoisotopic (exact) mass is 210 g/mol. The van der Waals surface area contributed by atoms with Crippen molar-refractivity contribution in [2.24, 2.45) is 10.8 Å². The van der Waals surface area contributed by atoms with E-state index in [1.54, 1.807) is 0 Å². The average molecular weight is 210 g/mol. The molecule has 0 aromatic carbocycles. The SMILES string of the molecule is C=CCC(C)(C)C1(C(=O)O)CCCCC1. The van der Waals surface area contributed by atoms with E-state index in [4.69, 9.17) is 0 Å². The lowest BCUT2D eigenvalue weighted by atomic mass is 9.57. The van der Waals surface area contributed by atoms with Gasteiger partial charge in [-0.3, -0.25) is 4.79 Å². The number of carboxylic acid groups (broad SMARTS) is 1. The van der Waals surface area contributed by atoms with Crippen LogP contribution < -0.4 is 0 Å². The van der Waals surface area contributed by atoms with Crippen molar-refractivity contribution in [2.45, 2.75) is 52.4 Å². The summed E-state index contributed by atoms with van der Waals surface area (Å²) in [6, 6.07) is 0.